The minimum Gasteiger partial charge on any atom is -0.494 e. The minimum absolute atomic E-state index is 0.499. The van der Waals surface area contributed by atoms with Crippen LogP contribution in [0, 0.1) is 0 Å². The van der Waals surface area contributed by atoms with Crippen LogP contribution < -0.4 is 9.47 Å². The van der Waals surface area contributed by atoms with Gasteiger partial charge < -0.3 is 18.9 Å². The van der Waals surface area contributed by atoms with Gasteiger partial charge in [-0.15, -0.1) is 0 Å². The molecule has 2 aromatic carbocycles. The summed E-state index contributed by atoms with van der Waals surface area (Å²) >= 11 is 0. The zero-order chi connectivity index (χ0) is 20.8. The number of carbonyl (C=O) groups excluding carboxylic acids is 2. The van der Waals surface area contributed by atoms with Gasteiger partial charge in [0, 0.05) is 19.5 Å². The molecule has 7 nitrogen and oxygen atoms in total. The van der Waals surface area contributed by atoms with E-state index in [1.54, 1.807) is 0 Å². The van der Waals surface area contributed by atoms with Gasteiger partial charge in [0.15, 0.2) is 0 Å². The van der Waals surface area contributed by atoms with E-state index in [0.717, 1.165) is 29.9 Å². The third-order valence-corrected chi connectivity index (χ3v) is 5.24. The molecule has 2 saturated heterocycles. The molecule has 30 heavy (non-hydrogen) atoms. The van der Waals surface area contributed by atoms with Crippen molar-refractivity contribution in [2.75, 3.05) is 19.7 Å². The smallest absolute Gasteiger partial charge is 0.421 e. The summed E-state index contributed by atoms with van der Waals surface area (Å²) < 4.78 is 22.1. The highest BCUT2D eigenvalue weighted by Gasteiger charge is 2.53. The summed E-state index contributed by atoms with van der Waals surface area (Å²) in [6.07, 6.45) is 3.05. The molecule has 0 aromatic heterocycles. The molecule has 2 fully saturated rings. The van der Waals surface area contributed by atoms with Crippen molar-refractivity contribution in [1.82, 2.24) is 4.90 Å². The maximum Gasteiger partial charge on any atom is 0.421 e. The van der Waals surface area contributed by atoms with Crippen molar-refractivity contribution in [3.8, 4) is 11.5 Å². The molecule has 4 rings (SSSR count). The third-order valence-electron chi connectivity index (χ3n) is 5.24. The molecule has 0 radical (unpaired) electrons. The molecule has 7 heteroatoms. The van der Waals surface area contributed by atoms with Gasteiger partial charge in [-0.1, -0.05) is 30.3 Å². The number of nitrogens with zero attached hydrogens (tertiary/aromatic N) is 1. The van der Waals surface area contributed by atoms with Gasteiger partial charge in [-0.25, -0.2) is 14.5 Å². The van der Waals surface area contributed by atoms with Crippen molar-refractivity contribution >= 4 is 11.9 Å². The van der Waals surface area contributed by atoms with E-state index in [2.05, 4.69) is 0 Å². The Bertz CT molecular complexity index is 851. The molecule has 0 N–H and O–H groups in total. The van der Waals surface area contributed by atoms with Gasteiger partial charge >= 0.3 is 17.8 Å². The zero-order valence-electron chi connectivity index (χ0n) is 16.7. The molecule has 1 spiro atoms. The van der Waals surface area contributed by atoms with E-state index in [1.807, 2.05) is 59.5 Å². The first kappa shape index (κ1) is 20.2. The highest BCUT2D eigenvalue weighted by atomic mass is 16.8. The van der Waals surface area contributed by atoms with E-state index >= 15 is 0 Å². The Labute approximate surface area is 175 Å². The summed E-state index contributed by atoms with van der Waals surface area (Å²) in [6, 6.07) is 17.5. The quantitative estimate of drug-likeness (QED) is 0.375. The van der Waals surface area contributed by atoms with Gasteiger partial charge in [0.1, 0.15) is 18.1 Å². The van der Waals surface area contributed by atoms with Crippen LogP contribution in [0.15, 0.2) is 54.6 Å². The molecule has 2 heterocycles. The summed E-state index contributed by atoms with van der Waals surface area (Å²) in [5, 5.41) is 0. The lowest BCUT2D eigenvalue weighted by molar-refractivity contribution is -0.263. The second-order valence-electron chi connectivity index (χ2n) is 7.38. The van der Waals surface area contributed by atoms with Crippen molar-refractivity contribution in [2.45, 2.75) is 38.2 Å². The van der Waals surface area contributed by atoms with Crippen LogP contribution in [0.5, 0.6) is 11.5 Å². The molecule has 2 aromatic rings. The second kappa shape index (κ2) is 9.17. The molecule has 0 saturated carbocycles. The van der Waals surface area contributed by atoms with Gasteiger partial charge in [-0.2, -0.15) is 0 Å². The molecule has 158 valence electrons. The predicted molar refractivity (Wildman–Crippen MR) is 108 cm³/mol. The summed E-state index contributed by atoms with van der Waals surface area (Å²) in [5.74, 6) is -1.50. The Morgan fingerprint density at radius 2 is 1.53 bits per heavy atom. The molecule has 0 amide bonds. The Morgan fingerprint density at radius 1 is 0.867 bits per heavy atom. The highest BCUT2D eigenvalue weighted by Crippen LogP contribution is 2.35. The van der Waals surface area contributed by atoms with Crippen molar-refractivity contribution in [1.29, 1.82) is 0 Å². The van der Waals surface area contributed by atoms with Gasteiger partial charge in [-0.3, -0.25) is 0 Å². The largest absolute Gasteiger partial charge is 0.494 e. The van der Waals surface area contributed by atoms with E-state index in [4.69, 9.17) is 18.9 Å². The van der Waals surface area contributed by atoms with Crippen molar-refractivity contribution in [3.05, 3.63) is 60.2 Å². The molecular formula is C23H25NO6. The number of piperidine rings is 1. The second-order valence-corrected chi connectivity index (χ2v) is 7.38. The molecule has 0 aliphatic carbocycles. The Balaban J connectivity index is 1.21. The predicted octanol–water partition coefficient (Wildman–Crippen LogP) is 3.27. The van der Waals surface area contributed by atoms with Crippen molar-refractivity contribution < 1.29 is 28.5 Å². The highest BCUT2D eigenvalue weighted by molar-refractivity contribution is 6.31. The molecular weight excluding hydrogens is 386 g/mol. The van der Waals surface area contributed by atoms with Crippen LogP contribution >= 0.6 is 0 Å². The number of esters is 2. The van der Waals surface area contributed by atoms with Gasteiger partial charge in [0.05, 0.1) is 6.61 Å². The van der Waals surface area contributed by atoms with Gasteiger partial charge in [0.2, 0.25) is 0 Å². The Hall–Kier alpha value is -3.06. The van der Waals surface area contributed by atoms with Crippen LogP contribution in [0.3, 0.4) is 0 Å². The van der Waals surface area contributed by atoms with E-state index in [9.17, 15) is 9.59 Å². The SMILES string of the molecule is O=C1OC2(CCCCN2CCCOc2ccc(OCc3ccccc3)cc2)OC1=O. The van der Waals surface area contributed by atoms with E-state index in [0.29, 0.717) is 39.1 Å². The summed E-state index contributed by atoms with van der Waals surface area (Å²) in [4.78, 5) is 24.9. The minimum atomic E-state index is -1.22. The van der Waals surface area contributed by atoms with Crippen LogP contribution in [0.25, 0.3) is 0 Å². The van der Waals surface area contributed by atoms with Crippen LogP contribution in [0.4, 0.5) is 0 Å². The lowest BCUT2D eigenvalue weighted by Crippen LogP contribution is -2.53. The summed E-state index contributed by atoms with van der Waals surface area (Å²) in [7, 11) is 0. The van der Waals surface area contributed by atoms with Crippen LogP contribution in [0.1, 0.15) is 31.2 Å². The molecule has 2 aliphatic heterocycles. The standard InChI is InChI=1S/C23H25NO6/c25-21-22(26)30-23(29-21)13-4-5-14-24(23)15-6-16-27-19-9-11-20(12-10-19)28-17-18-7-2-1-3-8-18/h1-3,7-12H,4-6,13-17H2. The number of hydrogen-bond donors (Lipinski definition) is 0. The third kappa shape index (κ3) is 4.74. The fourth-order valence-electron chi connectivity index (χ4n) is 3.71. The number of benzene rings is 2. The lowest BCUT2D eigenvalue weighted by Gasteiger charge is -2.40. The van der Waals surface area contributed by atoms with E-state index < -0.39 is 17.8 Å². The van der Waals surface area contributed by atoms with Crippen LogP contribution in [-0.4, -0.2) is 42.4 Å². The molecule has 0 unspecified atom stereocenters. The van der Waals surface area contributed by atoms with E-state index in [1.165, 1.54) is 0 Å². The number of rotatable bonds is 8. The summed E-state index contributed by atoms with van der Waals surface area (Å²) in [6.45, 7) is 2.35. The molecule has 0 bridgehead atoms. The number of carbonyl (C=O) groups is 2. The topological polar surface area (TPSA) is 74.3 Å². The summed E-state index contributed by atoms with van der Waals surface area (Å²) in [5.41, 5.74) is 1.12. The number of ether oxygens (including phenoxy) is 4. The van der Waals surface area contributed by atoms with Gasteiger partial charge in [0.25, 0.3) is 0 Å². The fraction of sp³-hybridized carbons (Fsp3) is 0.391. The normalized spacial score (nSPS) is 18.1. The van der Waals surface area contributed by atoms with Gasteiger partial charge in [-0.05, 0) is 49.1 Å². The number of likely N-dealkylation sites (tertiary alicyclic amines) is 1. The molecule has 0 atom stereocenters. The maximum absolute atomic E-state index is 11.5. The maximum atomic E-state index is 11.5. The zero-order valence-corrected chi connectivity index (χ0v) is 16.7. The van der Waals surface area contributed by atoms with Crippen LogP contribution in [-0.2, 0) is 25.7 Å². The average molecular weight is 411 g/mol. The lowest BCUT2D eigenvalue weighted by atomic mass is 10.1. The van der Waals surface area contributed by atoms with E-state index in [-0.39, 0.29) is 0 Å². The number of hydrogen-bond acceptors (Lipinski definition) is 7. The van der Waals surface area contributed by atoms with Crippen molar-refractivity contribution in [3.63, 3.8) is 0 Å². The van der Waals surface area contributed by atoms with Crippen LogP contribution in [0.2, 0.25) is 0 Å². The monoisotopic (exact) mass is 411 g/mol. The first-order valence-corrected chi connectivity index (χ1v) is 10.3. The first-order chi connectivity index (χ1) is 14.6. The van der Waals surface area contributed by atoms with Crippen molar-refractivity contribution in [2.24, 2.45) is 0 Å². The Morgan fingerprint density at radius 3 is 2.23 bits per heavy atom. The first-order valence-electron chi connectivity index (χ1n) is 10.3. The molecule has 2 aliphatic rings. The Kier molecular flexibility index (Phi) is 6.18. The average Bonchev–Trinajstić information content (AvgIpc) is 3.06. The fourth-order valence-corrected chi connectivity index (χ4v) is 3.71.